The number of carboxylic acids is 1. The van der Waals surface area contributed by atoms with Crippen molar-refractivity contribution >= 4 is 12.0 Å². The largest absolute Gasteiger partial charge is 0.479 e. The lowest BCUT2D eigenvalue weighted by molar-refractivity contribution is -0.146. The molecule has 2 amide bonds. The van der Waals surface area contributed by atoms with Crippen LogP contribution in [-0.2, 0) is 9.53 Å². The first kappa shape index (κ1) is 14.7. The molecule has 1 aliphatic heterocycles. The highest BCUT2D eigenvalue weighted by atomic mass is 16.5. The molecule has 8 nitrogen and oxygen atoms in total. The van der Waals surface area contributed by atoms with Crippen molar-refractivity contribution < 1.29 is 24.5 Å². The summed E-state index contributed by atoms with van der Waals surface area (Å²) in [5.41, 5.74) is 0. The average molecular weight is 261 g/mol. The van der Waals surface area contributed by atoms with Gasteiger partial charge in [0, 0.05) is 19.6 Å². The molecule has 104 valence electrons. The van der Waals surface area contributed by atoms with Gasteiger partial charge in [0.2, 0.25) is 0 Å². The minimum atomic E-state index is -1.59. The van der Waals surface area contributed by atoms with Gasteiger partial charge in [-0.3, -0.25) is 0 Å². The summed E-state index contributed by atoms with van der Waals surface area (Å²) in [7, 11) is 1.97. The number of aliphatic carboxylic acids is 1. The Kier molecular flexibility index (Phi) is 5.83. The fraction of sp³-hybridized carbons (Fsp3) is 0.800. The number of nitrogens with one attached hydrogen (secondary N) is 2. The smallest absolute Gasteiger partial charge is 0.334 e. The molecule has 2 unspecified atom stereocenters. The van der Waals surface area contributed by atoms with Crippen LogP contribution < -0.4 is 10.6 Å². The maximum atomic E-state index is 11.3. The second kappa shape index (κ2) is 7.14. The van der Waals surface area contributed by atoms with Crippen LogP contribution in [0, 0.1) is 0 Å². The normalized spacial score (nSPS) is 22.2. The first-order chi connectivity index (χ1) is 8.49. The number of aliphatic hydroxyl groups excluding tert-OH is 1. The molecule has 2 atom stereocenters. The molecule has 0 aromatic carbocycles. The Hall–Kier alpha value is -1.38. The zero-order valence-electron chi connectivity index (χ0n) is 10.3. The maximum absolute atomic E-state index is 11.3. The Balaban J connectivity index is 2.14. The molecule has 8 heteroatoms. The molecule has 0 aromatic rings. The lowest BCUT2D eigenvalue weighted by Crippen LogP contribution is -2.49. The van der Waals surface area contributed by atoms with E-state index in [9.17, 15) is 9.59 Å². The van der Waals surface area contributed by atoms with E-state index in [1.165, 1.54) is 0 Å². The number of aliphatic hydroxyl groups is 1. The SMILES string of the molecule is CN1CCOC(CNC(=O)NCC(O)C(=O)O)C1. The molecule has 0 bridgehead atoms. The summed E-state index contributed by atoms with van der Waals surface area (Å²) >= 11 is 0. The van der Waals surface area contributed by atoms with Crippen molar-refractivity contribution in [2.24, 2.45) is 0 Å². The minimum Gasteiger partial charge on any atom is -0.479 e. The van der Waals surface area contributed by atoms with Gasteiger partial charge < -0.3 is 30.5 Å². The number of carbonyl (C=O) groups excluding carboxylic acids is 1. The molecule has 18 heavy (non-hydrogen) atoms. The van der Waals surface area contributed by atoms with Crippen LogP contribution in [-0.4, -0.2) is 79.2 Å². The Bertz CT molecular complexity index is 299. The van der Waals surface area contributed by atoms with Crippen LogP contribution in [0.3, 0.4) is 0 Å². The van der Waals surface area contributed by atoms with Crippen molar-refractivity contribution in [1.29, 1.82) is 0 Å². The van der Waals surface area contributed by atoms with Gasteiger partial charge >= 0.3 is 12.0 Å². The van der Waals surface area contributed by atoms with Crippen molar-refractivity contribution in [1.82, 2.24) is 15.5 Å². The van der Waals surface area contributed by atoms with E-state index < -0.39 is 18.1 Å². The highest BCUT2D eigenvalue weighted by molar-refractivity contribution is 5.76. The van der Waals surface area contributed by atoms with Crippen molar-refractivity contribution in [3.8, 4) is 0 Å². The Labute approximate surface area is 105 Å². The highest BCUT2D eigenvalue weighted by Crippen LogP contribution is 2.01. The van der Waals surface area contributed by atoms with E-state index in [-0.39, 0.29) is 12.6 Å². The molecular formula is C10H19N3O5. The van der Waals surface area contributed by atoms with Crippen LogP contribution in [0.25, 0.3) is 0 Å². The summed E-state index contributed by atoms with van der Waals surface area (Å²) in [4.78, 5) is 23.7. The monoisotopic (exact) mass is 261 g/mol. The van der Waals surface area contributed by atoms with Gasteiger partial charge in [-0.2, -0.15) is 0 Å². The lowest BCUT2D eigenvalue weighted by atomic mass is 10.3. The van der Waals surface area contributed by atoms with Crippen molar-refractivity contribution in [3.05, 3.63) is 0 Å². The number of ether oxygens (including phenoxy) is 1. The Morgan fingerprint density at radius 3 is 2.83 bits per heavy atom. The van der Waals surface area contributed by atoms with Gasteiger partial charge in [0.05, 0.1) is 19.3 Å². The molecule has 0 aromatic heterocycles. The van der Waals surface area contributed by atoms with Gasteiger partial charge in [-0.15, -0.1) is 0 Å². The minimum absolute atomic E-state index is 0.0705. The highest BCUT2D eigenvalue weighted by Gasteiger charge is 2.19. The summed E-state index contributed by atoms with van der Waals surface area (Å²) in [5.74, 6) is -1.37. The van der Waals surface area contributed by atoms with E-state index in [2.05, 4.69) is 15.5 Å². The second-order valence-electron chi connectivity index (χ2n) is 4.20. The number of amides is 2. The molecule has 0 aliphatic carbocycles. The van der Waals surface area contributed by atoms with Gasteiger partial charge in [0.25, 0.3) is 0 Å². The summed E-state index contributed by atoms with van der Waals surface area (Å²) in [6.07, 6.45) is -1.66. The topological polar surface area (TPSA) is 111 Å². The quantitative estimate of drug-likeness (QED) is 0.458. The number of hydrogen-bond donors (Lipinski definition) is 4. The number of morpholine rings is 1. The Morgan fingerprint density at radius 1 is 1.50 bits per heavy atom. The van der Waals surface area contributed by atoms with Gasteiger partial charge in [0.1, 0.15) is 0 Å². The first-order valence-corrected chi connectivity index (χ1v) is 5.71. The molecule has 0 spiro atoms. The number of nitrogens with zero attached hydrogens (tertiary/aromatic N) is 1. The molecular weight excluding hydrogens is 242 g/mol. The van der Waals surface area contributed by atoms with Crippen LogP contribution in [0.2, 0.25) is 0 Å². The summed E-state index contributed by atoms with van der Waals surface area (Å²) in [6, 6.07) is -0.521. The molecule has 0 radical (unpaired) electrons. The van der Waals surface area contributed by atoms with Crippen LogP contribution in [0.15, 0.2) is 0 Å². The number of rotatable bonds is 5. The summed E-state index contributed by atoms with van der Waals surface area (Å²) in [5, 5.41) is 22.2. The summed E-state index contributed by atoms with van der Waals surface area (Å²) < 4.78 is 5.43. The molecule has 1 heterocycles. The lowest BCUT2D eigenvalue weighted by Gasteiger charge is -2.30. The predicted octanol–water partition coefficient (Wildman–Crippen LogP) is -1.94. The van der Waals surface area contributed by atoms with Crippen molar-refractivity contribution in [2.45, 2.75) is 12.2 Å². The van der Waals surface area contributed by atoms with E-state index in [0.29, 0.717) is 13.2 Å². The Morgan fingerprint density at radius 2 is 2.22 bits per heavy atom. The predicted molar refractivity (Wildman–Crippen MR) is 62.3 cm³/mol. The standard InChI is InChI=1S/C10H19N3O5/c1-13-2-3-18-7(6-13)4-11-10(17)12-5-8(14)9(15)16/h7-8,14H,2-6H2,1H3,(H,15,16)(H2,11,12,17). The van der Waals surface area contributed by atoms with Gasteiger partial charge in [-0.25, -0.2) is 9.59 Å². The molecule has 1 aliphatic rings. The third kappa shape index (κ3) is 5.30. The zero-order chi connectivity index (χ0) is 13.5. The fourth-order valence-corrected chi connectivity index (χ4v) is 1.54. The van der Waals surface area contributed by atoms with Crippen LogP contribution in [0.4, 0.5) is 4.79 Å². The number of hydrogen-bond acceptors (Lipinski definition) is 5. The van der Waals surface area contributed by atoms with Gasteiger partial charge in [-0.1, -0.05) is 0 Å². The third-order valence-electron chi connectivity index (χ3n) is 2.57. The molecule has 0 saturated carbocycles. The maximum Gasteiger partial charge on any atom is 0.334 e. The number of carboxylic acid groups (broad SMARTS) is 1. The van der Waals surface area contributed by atoms with E-state index in [0.717, 1.165) is 13.1 Å². The first-order valence-electron chi connectivity index (χ1n) is 5.71. The summed E-state index contributed by atoms with van der Waals surface area (Å²) in [6.45, 7) is 2.25. The fourth-order valence-electron chi connectivity index (χ4n) is 1.54. The average Bonchev–Trinajstić information content (AvgIpc) is 2.33. The second-order valence-corrected chi connectivity index (χ2v) is 4.20. The molecule has 1 fully saturated rings. The van der Waals surface area contributed by atoms with Crippen LogP contribution >= 0.6 is 0 Å². The number of likely N-dealkylation sites (N-methyl/N-ethyl adjacent to an activating group) is 1. The molecule has 4 N–H and O–H groups in total. The van der Waals surface area contributed by atoms with Crippen molar-refractivity contribution in [3.63, 3.8) is 0 Å². The van der Waals surface area contributed by atoms with E-state index >= 15 is 0 Å². The van der Waals surface area contributed by atoms with E-state index in [1.807, 2.05) is 7.05 Å². The van der Waals surface area contributed by atoms with Gasteiger partial charge in [-0.05, 0) is 7.05 Å². The molecule has 1 rings (SSSR count). The molecule has 1 saturated heterocycles. The van der Waals surface area contributed by atoms with E-state index in [1.54, 1.807) is 0 Å². The van der Waals surface area contributed by atoms with Crippen LogP contribution in [0.5, 0.6) is 0 Å². The van der Waals surface area contributed by atoms with Crippen LogP contribution in [0.1, 0.15) is 0 Å². The number of carbonyl (C=O) groups is 2. The van der Waals surface area contributed by atoms with E-state index in [4.69, 9.17) is 14.9 Å². The number of urea groups is 1. The van der Waals surface area contributed by atoms with Gasteiger partial charge in [0.15, 0.2) is 6.10 Å². The zero-order valence-corrected chi connectivity index (χ0v) is 10.3. The third-order valence-corrected chi connectivity index (χ3v) is 2.57. The van der Waals surface area contributed by atoms with Crippen molar-refractivity contribution in [2.75, 3.05) is 39.8 Å².